The van der Waals surface area contributed by atoms with Crippen LogP contribution in [0.4, 0.5) is 5.69 Å². The molecule has 2 rings (SSSR count). The number of halogens is 1. The van der Waals surface area contributed by atoms with Crippen molar-refractivity contribution in [3.8, 4) is 17.2 Å². The molecule has 10 heteroatoms. The van der Waals surface area contributed by atoms with E-state index in [-0.39, 0.29) is 18.5 Å². The zero-order valence-electron chi connectivity index (χ0n) is 15.3. The molecular formula is C18H20BrN5O4. The summed E-state index contributed by atoms with van der Waals surface area (Å²) in [7, 11) is 3.02. The van der Waals surface area contributed by atoms with Gasteiger partial charge in [0.1, 0.15) is 5.75 Å². The van der Waals surface area contributed by atoms with E-state index >= 15 is 0 Å². The Labute approximate surface area is 170 Å². The third-order valence-electron chi connectivity index (χ3n) is 3.36. The molecule has 0 saturated heterocycles. The van der Waals surface area contributed by atoms with Crippen molar-refractivity contribution in [2.75, 3.05) is 26.1 Å². The molecule has 9 nitrogen and oxygen atoms in total. The number of nitrogens with two attached hydrogens (primary N) is 2. The molecule has 28 heavy (non-hydrogen) atoms. The van der Waals surface area contributed by atoms with Crippen LogP contribution in [0.15, 0.2) is 51.1 Å². The van der Waals surface area contributed by atoms with Crippen LogP contribution in [0.2, 0.25) is 0 Å². The second-order valence-electron chi connectivity index (χ2n) is 5.34. The number of carbonyl (C=O) groups excluding carboxylic acids is 1. The molecule has 0 atom stereocenters. The van der Waals surface area contributed by atoms with Crippen molar-refractivity contribution >= 4 is 39.7 Å². The van der Waals surface area contributed by atoms with Crippen LogP contribution in [0.1, 0.15) is 5.56 Å². The Balaban J connectivity index is 2.09. The molecule has 0 heterocycles. The van der Waals surface area contributed by atoms with Gasteiger partial charge in [0.15, 0.2) is 18.1 Å². The number of nitrogens with one attached hydrogen (secondary N) is 1. The molecule has 0 fully saturated rings. The Morgan fingerprint density at radius 2 is 1.89 bits per heavy atom. The van der Waals surface area contributed by atoms with Crippen molar-refractivity contribution < 1.29 is 19.0 Å². The van der Waals surface area contributed by atoms with E-state index in [1.807, 2.05) is 6.07 Å². The second-order valence-corrected chi connectivity index (χ2v) is 6.20. The minimum atomic E-state index is -0.350. The van der Waals surface area contributed by atoms with E-state index in [0.717, 1.165) is 0 Å². The summed E-state index contributed by atoms with van der Waals surface area (Å²) in [4.78, 5) is 12.2. The molecular weight excluding hydrogens is 430 g/mol. The standard InChI is InChI=1S/C18H20BrN5O4/c1-26-14-6-4-3-5-13(14)23-16(25)10-28-17-12(19)7-11(8-15(17)27-2)9-22-24-18(20)21/h3-9H,10H2,1-2H3,(H,23,25)(H4,20,21,24). The van der Waals surface area contributed by atoms with Crippen molar-refractivity contribution in [2.45, 2.75) is 0 Å². The highest BCUT2D eigenvalue weighted by Crippen LogP contribution is 2.36. The van der Waals surface area contributed by atoms with Gasteiger partial charge < -0.3 is 31.0 Å². The summed E-state index contributed by atoms with van der Waals surface area (Å²) in [6, 6.07) is 10.5. The number of hydrogen-bond donors (Lipinski definition) is 3. The van der Waals surface area contributed by atoms with Crippen LogP contribution < -0.4 is 31.0 Å². The molecule has 1 amide bonds. The van der Waals surface area contributed by atoms with E-state index in [1.54, 1.807) is 30.3 Å². The van der Waals surface area contributed by atoms with E-state index < -0.39 is 0 Å². The predicted molar refractivity (Wildman–Crippen MR) is 111 cm³/mol. The van der Waals surface area contributed by atoms with Crippen molar-refractivity contribution in [1.29, 1.82) is 0 Å². The van der Waals surface area contributed by atoms with Crippen molar-refractivity contribution in [2.24, 2.45) is 21.7 Å². The van der Waals surface area contributed by atoms with Crippen LogP contribution in [0.3, 0.4) is 0 Å². The number of nitrogens with zero attached hydrogens (tertiary/aromatic N) is 2. The monoisotopic (exact) mass is 449 g/mol. The molecule has 0 aromatic heterocycles. The minimum absolute atomic E-state index is 0.150. The first-order chi connectivity index (χ1) is 13.4. The number of rotatable bonds is 8. The van der Waals surface area contributed by atoms with Gasteiger partial charge in [-0.25, -0.2) is 0 Å². The van der Waals surface area contributed by atoms with Gasteiger partial charge in [-0.2, -0.15) is 5.10 Å². The zero-order chi connectivity index (χ0) is 20.5. The number of carbonyl (C=O) groups is 1. The molecule has 0 saturated carbocycles. The summed E-state index contributed by atoms with van der Waals surface area (Å²) >= 11 is 3.40. The number of ether oxygens (including phenoxy) is 3. The van der Waals surface area contributed by atoms with Crippen molar-refractivity contribution in [1.82, 2.24) is 0 Å². The van der Waals surface area contributed by atoms with Crippen LogP contribution >= 0.6 is 15.9 Å². The topological polar surface area (TPSA) is 134 Å². The number of benzene rings is 2. The lowest BCUT2D eigenvalue weighted by atomic mass is 10.2. The number of amides is 1. The summed E-state index contributed by atoms with van der Waals surface area (Å²) in [6.07, 6.45) is 1.45. The fourth-order valence-corrected chi connectivity index (χ4v) is 2.76. The molecule has 0 spiro atoms. The third kappa shape index (κ3) is 5.88. The average Bonchev–Trinajstić information content (AvgIpc) is 2.66. The number of anilines is 1. The van der Waals surface area contributed by atoms with E-state index in [0.29, 0.717) is 33.0 Å². The fourth-order valence-electron chi connectivity index (χ4n) is 2.19. The summed E-state index contributed by atoms with van der Waals surface area (Å²) in [5.74, 6) is 0.835. The normalized spacial score (nSPS) is 10.4. The average molecular weight is 450 g/mol. The van der Waals surface area contributed by atoms with Crippen LogP contribution in [-0.4, -0.2) is 38.9 Å². The van der Waals surface area contributed by atoms with Crippen LogP contribution in [0.25, 0.3) is 0 Å². The van der Waals surface area contributed by atoms with Gasteiger partial charge in [-0.1, -0.05) is 12.1 Å². The Bertz CT molecular complexity index is 898. The van der Waals surface area contributed by atoms with Gasteiger partial charge in [-0.15, -0.1) is 5.10 Å². The van der Waals surface area contributed by atoms with Crippen molar-refractivity contribution in [3.05, 3.63) is 46.4 Å². The molecule has 5 N–H and O–H groups in total. The first-order valence-corrected chi connectivity index (χ1v) is 8.79. The lowest BCUT2D eigenvalue weighted by Gasteiger charge is -2.14. The van der Waals surface area contributed by atoms with Gasteiger partial charge in [0.25, 0.3) is 5.91 Å². The highest BCUT2D eigenvalue weighted by molar-refractivity contribution is 9.10. The van der Waals surface area contributed by atoms with Crippen LogP contribution in [0.5, 0.6) is 17.2 Å². The van der Waals surface area contributed by atoms with E-state index in [4.69, 9.17) is 25.7 Å². The molecule has 0 radical (unpaired) electrons. The number of guanidine groups is 1. The number of para-hydroxylation sites is 2. The quantitative estimate of drug-likeness (QED) is 0.320. The lowest BCUT2D eigenvalue weighted by Crippen LogP contribution is -2.21. The Hall–Kier alpha value is -3.27. The Morgan fingerprint density at radius 3 is 2.57 bits per heavy atom. The molecule has 0 aliphatic carbocycles. The van der Waals surface area contributed by atoms with Gasteiger partial charge in [-0.05, 0) is 45.8 Å². The molecule has 0 aliphatic rings. The fraction of sp³-hybridized carbons (Fsp3) is 0.167. The van der Waals surface area contributed by atoms with Gasteiger partial charge in [0.05, 0.1) is 30.6 Å². The van der Waals surface area contributed by atoms with Crippen molar-refractivity contribution in [3.63, 3.8) is 0 Å². The van der Waals surface area contributed by atoms with Gasteiger partial charge in [0.2, 0.25) is 5.96 Å². The van der Waals surface area contributed by atoms with Crippen LogP contribution in [0, 0.1) is 0 Å². The summed E-state index contributed by atoms with van der Waals surface area (Å²) in [6.45, 7) is -0.228. The molecule has 148 valence electrons. The van der Waals surface area contributed by atoms with E-state index in [9.17, 15) is 4.79 Å². The van der Waals surface area contributed by atoms with Gasteiger partial charge >= 0.3 is 0 Å². The minimum Gasteiger partial charge on any atom is -0.495 e. The van der Waals surface area contributed by atoms with Gasteiger partial charge in [-0.3, -0.25) is 4.79 Å². The Kier molecular flexibility index (Phi) is 7.64. The summed E-state index contributed by atoms with van der Waals surface area (Å²) < 4.78 is 16.7. The van der Waals surface area contributed by atoms with Crippen LogP contribution in [-0.2, 0) is 4.79 Å². The summed E-state index contributed by atoms with van der Waals surface area (Å²) in [5.41, 5.74) is 11.7. The summed E-state index contributed by atoms with van der Waals surface area (Å²) in [5, 5.41) is 10.0. The molecule has 0 aliphatic heterocycles. The number of hydrogen-bond acceptors (Lipinski definition) is 6. The highest BCUT2D eigenvalue weighted by atomic mass is 79.9. The number of methoxy groups -OCH3 is 2. The first-order valence-electron chi connectivity index (χ1n) is 7.99. The van der Waals surface area contributed by atoms with E-state index in [1.165, 1.54) is 20.4 Å². The maximum atomic E-state index is 12.2. The third-order valence-corrected chi connectivity index (χ3v) is 3.95. The maximum absolute atomic E-state index is 12.2. The SMILES string of the molecule is COc1ccccc1NC(=O)COc1c(Br)cc(C=NN=C(N)N)cc1OC. The highest BCUT2D eigenvalue weighted by Gasteiger charge is 2.14. The maximum Gasteiger partial charge on any atom is 0.262 e. The Morgan fingerprint density at radius 1 is 1.18 bits per heavy atom. The molecule has 2 aromatic carbocycles. The largest absolute Gasteiger partial charge is 0.495 e. The van der Waals surface area contributed by atoms with Gasteiger partial charge in [0, 0.05) is 0 Å². The zero-order valence-corrected chi connectivity index (χ0v) is 16.9. The molecule has 0 bridgehead atoms. The first kappa shape index (κ1) is 21.0. The van der Waals surface area contributed by atoms with E-state index in [2.05, 4.69) is 31.4 Å². The smallest absolute Gasteiger partial charge is 0.262 e. The predicted octanol–water partition coefficient (Wildman–Crippen LogP) is 2.09. The molecule has 0 unspecified atom stereocenters. The second kappa shape index (κ2) is 10.2. The lowest BCUT2D eigenvalue weighted by molar-refractivity contribution is -0.118. The molecule has 2 aromatic rings.